The van der Waals surface area contributed by atoms with E-state index in [9.17, 15) is 4.79 Å². The van der Waals surface area contributed by atoms with Gasteiger partial charge in [0.25, 0.3) is 5.56 Å². The molecule has 0 spiro atoms. The Morgan fingerprint density at radius 2 is 2.04 bits per heavy atom. The van der Waals surface area contributed by atoms with E-state index in [2.05, 4.69) is 11.9 Å². The van der Waals surface area contributed by atoms with E-state index in [0.717, 1.165) is 33.5 Å². The smallest absolute Gasteiger partial charge is 0.272 e. The molecule has 0 atom stereocenters. The number of pyridine rings is 1. The third-order valence-corrected chi connectivity index (χ3v) is 6.00. The highest BCUT2D eigenvalue weighted by Crippen LogP contribution is 2.30. The summed E-state index contributed by atoms with van der Waals surface area (Å²) in [6.07, 6.45) is 4.66. The van der Waals surface area contributed by atoms with Crippen LogP contribution in [0.2, 0.25) is 0 Å². The Morgan fingerprint density at radius 3 is 2.78 bits per heavy atom. The third kappa shape index (κ3) is 3.44. The number of ether oxygens (including phenoxy) is 1. The number of rotatable bonds is 6. The fourth-order valence-corrected chi connectivity index (χ4v) is 4.51. The van der Waals surface area contributed by atoms with E-state index in [1.54, 1.807) is 10.8 Å². The number of hydrogen-bond acceptors (Lipinski definition) is 6. The van der Waals surface area contributed by atoms with Gasteiger partial charge in [0.05, 0.1) is 18.7 Å². The van der Waals surface area contributed by atoms with Crippen LogP contribution in [0, 0.1) is 0 Å². The number of thiophene rings is 1. The van der Waals surface area contributed by atoms with Crippen molar-refractivity contribution in [2.24, 2.45) is 0 Å². The molecular formula is C20H19N3O2S2. The Bertz CT molecular complexity index is 1150. The number of fused-ring (bicyclic) bond motifs is 3. The molecule has 5 nitrogen and oxygen atoms in total. The van der Waals surface area contributed by atoms with Crippen molar-refractivity contribution in [3.63, 3.8) is 0 Å². The lowest BCUT2D eigenvalue weighted by atomic mass is 10.2. The number of benzene rings is 1. The van der Waals surface area contributed by atoms with Gasteiger partial charge in [0.15, 0.2) is 5.16 Å². The van der Waals surface area contributed by atoms with Crippen molar-refractivity contribution in [3.8, 4) is 5.75 Å². The van der Waals surface area contributed by atoms with Crippen LogP contribution in [-0.2, 0) is 6.54 Å². The predicted octanol–water partition coefficient (Wildman–Crippen LogP) is 4.57. The van der Waals surface area contributed by atoms with Gasteiger partial charge in [-0.3, -0.25) is 9.36 Å². The zero-order valence-corrected chi connectivity index (χ0v) is 16.8. The molecule has 0 aliphatic carbocycles. The molecule has 4 aromatic rings. The molecule has 0 bridgehead atoms. The molecule has 0 fully saturated rings. The Morgan fingerprint density at radius 1 is 1.22 bits per heavy atom. The van der Waals surface area contributed by atoms with Gasteiger partial charge in [0.1, 0.15) is 15.3 Å². The summed E-state index contributed by atoms with van der Waals surface area (Å²) in [6.45, 7) is 3.26. The fourth-order valence-electron chi connectivity index (χ4n) is 2.93. The molecule has 3 aromatic heterocycles. The van der Waals surface area contributed by atoms with E-state index < -0.39 is 0 Å². The topological polar surface area (TPSA) is 57.0 Å². The summed E-state index contributed by atoms with van der Waals surface area (Å²) < 4.78 is 8.03. The van der Waals surface area contributed by atoms with Crippen molar-refractivity contribution in [2.45, 2.75) is 25.0 Å². The average Bonchev–Trinajstić information content (AvgIpc) is 3.08. The van der Waals surface area contributed by atoms with Gasteiger partial charge < -0.3 is 4.74 Å². The third-order valence-electron chi connectivity index (χ3n) is 4.24. The number of nitrogens with zero attached hydrogens (tertiary/aromatic N) is 3. The lowest BCUT2D eigenvalue weighted by molar-refractivity contribution is 0.317. The van der Waals surface area contributed by atoms with Crippen molar-refractivity contribution in [1.29, 1.82) is 0 Å². The minimum Gasteiger partial charge on any atom is -0.494 e. The van der Waals surface area contributed by atoms with Gasteiger partial charge in [-0.2, -0.15) is 0 Å². The zero-order valence-electron chi connectivity index (χ0n) is 15.1. The van der Waals surface area contributed by atoms with Crippen LogP contribution >= 0.6 is 23.1 Å². The summed E-state index contributed by atoms with van der Waals surface area (Å²) in [5, 5.41) is 1.65. The number of aromatic nitrogens is 3. The fraction of sp³-hybridized carbons (Fsp3) is 0.250. The summed E-state index contributed by atoms with van der Waals surface area (Å²) in [5.41, 5.74) is 1.77. The lowest BCUT2D eigenvalue weighted by Crippen LogP contribution is -2.23. The van der Waals surface area contributed by atoms with Crippen molar-refractivity contribution in [2.75, 3.05) is 12.9 Å². The van der Waals surface area contributed by atoms with Crippen LogP contribution in [0.3, 0.4) is 0 Å². The Labute approximate surface area is 165 Å². The summed E-state index contributed by atoms with van der Waals surface area (Å²) >= 11 is 2.89. The molecule has 3 heterocycles. The van der Waals surface area contributed by atoms with Gasteiger partial charge in [0.2, 0.25) is 0 Å². The van der Waals surface area contributed by atoms with E-state index in [0.29, 0.717) is 23.0 Å². The largest absolute Gasteiger partial charge is 0.494 e. The molecule has 0 amide bonds. The first kappa shape index (κ1) is 18.0. The van der Waals surface area contributed by atoms with Gasteiger partial charge >= 0.3 is 0 Å². The molecule has 0 saturated carbocycles. The zero-order chi connectivity index (χ0) is 18.8. The van der Waals surface area contributed by atoms with E-state index in [4.69, 9.17) is 9.72 Å². The van der Waals surface area contributed by atoms with Crippen LogP contribution in [0.25, 0.3) is 20.4 Å². The highest BCUT2D eigenvalue weighted by Gasteiger charge is 2.16. The van der Waals surface area contributed by atoms with Crippen molar-refractivity contribution >= 4 is 43.5 Å². The predicted molar refractivity (Wildman–Crippen MR) is 112 cm³/mol. The molecule has 0 unspecified atom stereocenters. The van der Waals surface area contributed by atoms with Crippen LogP contribution in [0.4, 0.5) is 0 Å². The van der Waals surface area contributed by atoms with Gasteiger partial charge in [-0.1, -0.05) is 30.8 Å². The van der Waals surface area contributed by atoms with Gasteiger partial charge in [-0.15, -0.1) is 11.3 Å². The number of thioether (sulfide) groups is 1. The summed E-state index contributed by atoms with van der Waals surface area (Å²) in [6, 6.07) is 11.7. The van der Waals surface area contributed by atoms with E-state index >= 15 is 0 Å². The monoisotopic (exact) mass is 397 g/mol. The van der Waals surface area contributed by atoms with Crippen LogP contribution in [0.1, 0.15) is 18.9 Å². The SMILES string of the molecule is CCCOc1ccc(Cn2c(SC)nc3c(sc4ncccc43)c2=O)cc1. The maximum atomic E-state index is 13.2. The summed E-state index contributed by atoms with van der Waals surface area (Å²) in [5.74, 6) is 0.849. The molecule has 0 aliphatic rings. The molecule has 0 N–H and O–H groups in total. The lowest BCUT2D eigenvalue weighted by Gasteiger charge is -2.11. The molecule has 0 saturated heterocycles. The molecule has 27 heavy (non-hydrogen) atoms. The van der Waals surface area contributed by atoms with Gasteiger partial charge in [0, 0.05) is 11.6 Å². The standard InChI is InChI=1S/C20H19N3O2S2/c1-3-11-25-14-8-6-13(7-9-14)12-23-19(24)17-16(22-20(23)26-2)15-5-4-10-21-18(15)27-17/h4-10H,3,11-12H2,1-2H3. The summed E-state index contributed by atoms with van der Waals surface area (Å²) in [7, 11) is 0. The van der Waals surface area contributed by atoms with Crippen molar-refractivity contribution in [1.82, 2.24) is 14.5 Å². The maximum Gasteiger partial charge on any atom is 0.272 e. The minimum absolute atomic E-state index is 0.0151. The Kier molecular flexibility index (Phi) is 5.13. The average molecular weight is 398 g/mol. The Balaban J connectivity index is 1.75. The molecule has 138 valence electrons. The molecule has 7 heteroatoms. The van der Waals surface area contributed by atoms with Crippen LogP contribution in [0.5, 0.6) is 5.75 Å². The van der Waals surface area contributed by atoms with Gasteiger partial charge in [-0.05, 0) is 42.5 Å². The van der Waals surface area contributed by atoms with Crippen LogP contribution < -0.4 is 10.3 Å². The molecule has 1 aromatic carbocycles. The molecular weight excluding hydrogens is 378 g/mol. The summed E-state index contributed by atoms with van der Waals surface area (Å²) in [4.78, 5) is 23.1. The van der Waals surface area contributed by atoms with Crippen molar-refractivity contribution < 1.29 is 4.74 Å². The van der Waals surface area contributed by atoms with Crippen molar-refractivity contribution in [3.05, 3.63) is 58.5 Å². The van der Waals surface area contributed by atoms with E-state index in [1.165, 1.54) is 23.1 Å². The molecule has 0 aliphatic heterocycles. The van der Waals surface area contributed by atoms with E-state index in [-0.39, 0.29) is 5.56 Å². The first-order valence-corrected chi connectivity index (χ1v) is 10.8. The quantitative estimate of drug-likeness (QED) is 0.352. The molecule has 4 rings (SSSR count). The second-order valence-corrected chi connectivity index (χ2v) is 7.89. The van der Waals surface area contributed by atoms with Crippen LogP contribution in [0.15, 0.2) is 52.5 Å². The highest BCUT2D eigenvalue weighted by molar-refractivity contribution is 7.98. The van der Waals surface area contributed by atoms with E-state index in [1.807, 2.05) is 42.7 Å². The second-order valence-electron chi connectivity index (χ2n) is 6.12. The highest BCUT2D eigenvalue weighted by atomic mass is 32.2. The Hall–Kier alpha value is -2.38. The maximum absolute atomic E-state index is 13.2. The minimum atomic E-state index is -0.0151. The second kappa shape index (κ2) is 7.70. The van der Waals surface area contributed by atoms with Gasteiger partial charge in [-0.25, -0.2) is 9.97 Å². The molecule has 0 radical (unpaired) electrons. The van der Waals surface area contributed by atoms with Crippen LogP contribution in [-0.4, -0.2) is 27.4 Å². The normalized spacial score (nSPS) is 11.3. The first-order chi connectivity index (χ1) is 13.2. The number of hydrogen-bond donors (Lipinski definition) is 0. The first-order valence-electron chi connectivity index (χ1n) is 8.75.